The number of carbonyl (C=O) groups excluding carboxylic acids is 1. The van der Waals surface area contributed by atoms with Gasteiger partial charge in [-0.05, 0) is 12.8 Å². The summed E-state index contributed by atoms with van der Waals surface area (Å²) in [5, 5.41) is 0. The Morgan fingerprint density at radius 2 is 1.32 bits per heavy atom. The van der Waals surface area contributed by atoms with Gasteiger partial charge in [0.15, 0.2) is 0 Å². The summed E-state index contributed by atoms with van der Waals surface area (Å²) in [5.41, 5.74) is 0. The first-order valence-electron chi connectivity index (χ1n) is 10.0. The van der Waals surface area contributed by atoms with E-state index in [1.165, 1.54) is 39.2 Å². The SMILES string of the molecule is CCCCCCCCCCS(=O)(=O)NC(CCCCCC)C(=O)OC. The fraction of sp³-hybridized carbons (Fsp3) is 0.947. The van der Waals surface area contributed by atoms with Crippen LogP contribution >= 0.6 is 0 Å². The number of hydrogen-bond donors (Lipinski definition) is 1. The number of nitrogens with one attached hydrogen (secondary N) is 1. The van der Waals surface area contributed by atoms with Crippen LogP contribution in [-0.4, -0.2) is 33.3 Å². The third-order valence-corrected chi connectivity index (χ3v) is 5.89. The molecule has 0 aliphatic carbocycles. The zero-order valence-corrected chi connectivity index (χ0v) is 17.3. The highest BCUT2D eigenvalue weighted by atomic mass is 32.2. The van der Waals surface area contributed by atoms with Gasteiger partial charge in [-0.2, -0.15) is 0 Å². The Hall–Kier alpha value is -0.620. The fourth-order valence-corrected chi connectivity index (χ4v) is 4.19. The van der Waals surface area contributed by atoms with Crippen LogP contribution in [0.1, 0.15) is 97.3 Å². The first kappa shape index (κ1) is 24.4. The Balaban J connectivity index is 4.09. The molecule has 0 spiro atoms. The molecular weight excluding hydrogens is 338 g/mol. The summed E-state index contributed by atoms with van der Waals surface area (Å²) < 4.78 is 31.7. The predicted octanol–water partition coefficient (Wildman–Crippen LogP) is 4.56. The number of hydrogen-bond acceptors (Lipinski definition) is 4. The van der Waals surface area contributed by atoms with E-state index in [-0.39, 0.29) is 5.75 Å². The Labute approximate surface area is 155 Å². The number of methoxy groups -OCH3 is 1. The predicted molar refractivity (Wildman–Crippen MR) is 104 cm³/mol. The largest absolute Gasteiger partial charge is 0.468 e. The van der Waals surface area contributed by atoms with Crippen molar-refractivity contribution in [2.45, 2.75) is 103 Å². The van der Waals surface area contributed by atoms with Gasteiger partial charge in [-0.1, -0.05) is 84.5 Å². The van der Waals surface area contributed by atoms with E-state index < -0.39 is 22.0 Å². The van der Waals surface area contributed by atoms with Crippen LogP contribution in [0.4, 0.5) is 0 Å². The topological polar surface area (TPSA) is 72.5 Å². The van der Waals surface area contributed by atoms with Gasteiger partial charge in [-0.3, -0.25) is 4.79 Å². The van der Waals surface area contributed by atoms with Gasteiger partial charge in [0.1, 0.15) is 6.04 Å². The van der Waals surface area contributed by atoms with Crippen molar-refractivity contribution in [1.82, 2.24) is 4.72 Å². The van der Waals surface area contributed by atoms with Crippen LogP contribution in [0.2, 0.25) is 0 Å². The maximum Gasteiger partial charge on any atom is 0.323 e. The number of carbonyl (C=O) groups is 1. The number of sulfonamides is 1. The summed E-state index contributed by atoms with van der Waals surface area (Å²) in [6.45, 7) is 4.31. The monoisotopic (exact) mass is 377 g/mol. The third kappa shape index (κ3) is 14.3. The molecule has 0 heterocycles. The molecule has 1 atom stereocenters. The highest BCUT2D eigenvalue weighted by Crippen LogP contribution is 2.11. The highest BCUT2D eigenvalue weighted by molar-refractivity contribution is 7.89. The number of esters is 1. The van der Waals surface area contributed by atoms with Crippen molar-refractivity contribution in [3.63, 3.8) is 0 Å². The zero-order valence-electron chi connectivity index (χ0n) is 16.5. The minimum Gasteiger partial charge on any atom is -0.468 e. The minimum absolute atomic E-state index is 0.0877. The lowest BCUT2D eigenvalue weighted by molar-refractivity contribution is -0.142. The summed E-state index contributed by atoms with van der Waals surface area (Å²) in [5.74, 6) is -0.402. The molecule has 0 aliphatic rings. The van der Waals surface area contributed by atoms with Gasteiger partial charge >= 0.3 is 5.97 Å². The number of rotatable bonds is 17. The molecule has 0 amide bonds. The van der Waals surface area contributed by atoms with Gasteiger partial charge in [0.2, 0.25) is 10.0 Å². The van der Waals surface area contributed by atoms with Crippen LogP contribution in [0.3, 0.4) is 0 Å². The lowest BCUT2D eigenvalue weighted by atomic mass is 10.1. The van der Waals surface area contributed by atoms with Gasteiger partial charge in [0.25, 0.3) is 0 Å². The first-order chi connectivity index (χ1) is 12.0. The molecular formula is C19H39NO4S. The highest BCUT2D eigenvalue weighted by Gasteiger charge is 2.24. The molecule has 0 aliphatic heterocycles. The fourth-order valence-electron chi connectivity index (χ4n) is 2.84. The van der Waals surface area contributed by atoms with E-state index in [1.807, 2.05) is 0 Å². The summed E-state index contributed by atoms with van der Waals surface area (Å²) in [4.78, 5) is 11.8. The van der Waals surface area contributed by atoms with E-state index in [1.54, 1.807) is 0 Å². The zero-order chi connectivity index (χ0) is 19.0. The number of ether oxygens (including phenoxy) is 1. The first-order valence-corrected chi connectivity index (χ1v) is 11.7. The standard InChI is InChI=1S/C19H39NO4S/c1-4-6-8-10-11-12-13-15-17-25(22,23)20-18(19(21)24-3)16-14-9-7-5-2/h18,20H,4-17H2,1-3H3. The average molecular weight is 378 g/mol. The lowest BCUT2D eigenvalue weighted by Gasteiger charge is -2.16. The van der Waals surface area contributed by atoms with E-state index >= 15 is 0 Å². The molecule has 0 aromatic heterocycles. The van der Waals surface area contributed by atoms with Gasteiger partial charge in [-0.25, -0.2) is 13.1 Å². The van der Waals surface area contributed by atoms with Crippen LogP contribution in [0.5, 0.6) is 0 Å². The molecule has 0 aromatic rings. The summed E-state index contributed by atoms with van der Waals surface area (Å²) in [6, 6.07) is -0.749. The van der Waals surface area contributed by atoms with Crippen LogP contribution in [0, 0.1) is 0 Å². The van der Waals surface area contributed by atoms with E-state index in [0.717, 1.165) is 38.5 Å². The summed E-state index contributed by atoms with van der Waals surface area (Å²) in [7, 11) is -2.13. The molecule has 5 nitrogen and oxygen atoms in total. The molecule has 0 saturated carbocycles. The molecule has 6 heteroatoms. The molecule has 0 fully saturated rings. The van der Waals surface area contributed by atoms with Crippen LogP contribution in [0.15, 0.2) is 0 Å². The van der Waals surface area contributed by atoms with Crippen molar-refractivity contribution in [3.05, 3.63) is 0 Å². The van der Waals surface area contributed by atoms with Gasteiger partial charge in [-0.15, -0.1) is 0 Å². The van der Waals surface area contributed by atoms with Gasteiger partial charge in [0, 0.05) is 0 Å². The Morgan fingerprint density at radius 1 is 0.840 bits per heavy atom. The van der Waals surface area contributed by atoms with E-state index in [4.69, 9.17) is 4.74 Å². The van der Waals surface area contributed by atoms with Crippen molar-refractivity contribution in [2.75, 3.05) is 12.9 Å². The van der Waals surface area contributed by atoms with Crippen molar-refractivity contribution in [2.24, 2.45) is 0 Å². The van der Waals surface area contributed by atoms with Gasteiger partial charge in [0.05, 0.1) is 12.9 Å². The quantitative estimate of drug-likeness (QED) is 0.298. The second-order valence-electron chi connectivity index (χ2n) is 6.84. The van der Waals surface area contributed by atoms with Crippen LogP contribution in [0.25, 0.3) is 0 Å². The Morgan fingerprint density at radius 3 is 1.84 bits per heavy atom. The number of unbranched alkanes of at least 4 members (excludes halogenated alkanes) is 10. The molecule has 25 heavy (non-hydrogen) atoms. The second kappa shape index (κ2) is 15.6. The van der Waals surface area contributed by atoms with Crippen LogP contribution < -0.4 is 4.72 Å². The minimum atomic E-state index is -3.43. The smallest absolute Gasteiger partial charge is 0.323 e. The molecule has 1 N–H and O–H groups in total. The lowest BCUT2D eigenvalue weighted by Crippen LogP contribution is -2.42. The Kier molecular flexibility index (Phi) is 15.2. The maximum atomic E-state index is 12.2. The van der Waals surface area contributed by atoms with Crippen molar-refractivity contribution in [1.29, 1.82) is 0 Å². The van der Waals surface area contributed by atoms with Crippen molar-refractivity contribution < 1.29 is 17.9 Å². The molecule has 0 rings (SSSR count). The van der Waals surface area contributed by atoms with E-state index in [0.29, 0.717) is 12.8 Å². The maximum absolute atomic E-state index is 12.2. The molecule has 0 bridgehead atoms. The molecule has 0 radical (unpaired) electrons. The molecule has 0 saturated heterocycles. The normalized spacial score (nSPS) is 12.9. The van der Waals surface area contributed by atoms with Crippen molar-refractivity contribution >= 4 is 16.0 Å². The molecule has 0 aromatic carbocycles. The summed E-state index contributed by atoms with van der Waals surface area (Å²) in [6.07, 6.45) is 13.4. The third-order valence-electron chi connectivity index (χ3n) is 4.42. The average Bonchev–Trinajstić information content (AvgIpc) is 2.59. The molecule has 150 valence electrons. The second-order valence-corrected chi connectivity index (χ2v) is 8.71. The van der Waals surface area contributed by atoms with E-state index in [2.05, 4.69) is 18.6 Å². The van der Waals surface area contributed by atoms with Crippen molar-refractivity contribution in [3.8, 4) is 0 Å². The molecule has 1 unspecified atom stereocenters. The van der Waals surface area contributed by atoms with Crippen LogP contribution in [-0.2, 0) is 19.6 Å². The van der Waals surface area contributed by atoms with E-state index in [9.17, 15) is 13.2 Å². The Bertz CT molecular complexity index is 423. The summed E-state index contributed by atoms with van der Waals surface area (Å²) >= 11 is 0. The van der Waals surface area contributed by atoms with Gasteiger partial charge < -0.3 is 4.74 Å².